The van der Waals surface area contributed by atoms with Crippen LogP contribution in [0.3, 0.4) is 0 Å². The van der Waals surface area contributed by atoms with Crippen molar-refractivity contribution in [1.82, 2.24) is 10.2 Å². The van der Waals surface area contributed by atoms with E-state index in [4.69, 9.17) is 9.47 Å². The number of rotatable bonds is 7. The molecule has 6 nitrogen and oxygen atoms in total. The van der Waals surface area contributed by atoms with Crippen LogP contribution in [0.2, 0.25) is 0 Å². The Hall–Kier alpha value is -3.19. The topological polar surface area (TPSA) is 78.4 Å². The highest BCUT2D eigenvalue weighted by Gasteiger charge is 2.19. The molecule has 1 aromatic heterocycles. The van der Waals surface area contributed by atoms with Crippen LogP contribution in [-0.2, 0) is 15.2 Å². The molecule has 0 atom stereocenters. The summed E-state index contributed by atoms with van der Waals surface area (Å²) in [5, 5.41) is 8.31. The van der Waals surface area contributed by atoms with Gasteiger partial charge in [-0.3, -0.25) is 0 Å². The molecular formula is C22H20N2O4S. The maximum atomic E-state index is 12.3. The van der Waals surface area contributed by atoms with Gasteiger partial charge >= 0.3 is 11.9 Å². The van der Waals surface area contributed by atoms with E-state index in [0.29, 0.717) is 21.9 Å². The summed E-state index contributed by atoms with van der Waals surface area (Å²) >= 11 is 1.39. The Balaban J connectivity index is 1.94. The van der Waals surface area contributed by atoms with E-state index in [1.807, 2.05) is 48.5 Å². The lowest BCUT2D eigenvalue weighted by Crippen LogP contribution is -2.10. The molecule has 0 radical (unpaired) electrons. The summed E-state index contributed by atoms with van der Waals surface area (Å²) in [6.07, 6.45) is 0. The van der Waals surface area contributed by atoms with Crippen LogP contribution in [-0.4, -0.2) is 35.9 Å². The lowest BCUT2D eigenvalue weighted by molar-refractivity contribution is 0.0512. The molecule has 0 aliphatic carbocycles. The van der Waals surface area contributed by atoms with Crippen molar-refractivity contribution in [2.75, 3.05) is 13.7 Å². The summed E-state index contributed by atoms with van der Waals surface area (Å²) in [6, 6.07) is 18.6. The summed E-state index contributed by atoms with van der Waals surface area (Å²) < 4.78 is 9.97. The Morgan fingerprint density at radius 1 is 0.966 bits per heavy atom. The van der Waals surface area contributed by atoms with E-state index in [0.717, 1.165) is 11.1 Å². The molecule has 7 heteroatoms. The SMILES string of the molecule is CCOC(=O)c1nnc(-c2ccccc2)cc1SCc1ccccc1C(=O)OC. The molecule has 0 saturated heterocycles. The monoisotopic (exact) mass is 408 g/mol. The van der Waals surface area contributed by atoms with Crippen molar-refractivity contribution in [2.24, 2.45) is 0 Å². The van der Waals surface area contributed by atoms with Crippen LogP contribution in [0.5, 0.6) is 0 Å². The van der Waals surface area contributed by atoms with Gasteiger partial charge in [0, 0.05) is 16.2 Å². The molecule has 148 valence electrons. The van der Waals surface area contributed by atoms with Gasteiger partial charge in [0.2, 0.25) is 0 Å². The highest BCUT2D eigenvalue weighted by molar-refractivity contribution is 7.98. The lowest BCUT2D eigenvalue weighted by atomic mass is 10.1. The first-order valence-electron chi connectivity index (χ1n) is 9.03. The number of hydrogen-bond donors (Lipinski definition) is 0. The number of thioether (sulfide) groups is 1. The summed E-state index contributed by atoms with van der Waals surface area (Å²) in [4.78, 5) is 25.0. The van der Waals surface area contributed by atoms with Gasteiger partial charge in [-0.15, -0.1) is 22.0 Å². The fourth-order valence-corrected chi connectivity index (χ4v) is 3.70. The molecular weight excluding hydrogens is 388 g/mol. The number of esters is 2. The van der Waals surface area contributed by atoms with Crippen molar-refractivity contribution < 1.29 is 19.1 Å². The van der Waals surface area contributed by atoms with E-state index >= 15 is 0 Å². The predicted octanol–water partition coefficient (Wildman–Crippen LogP) is 4.40. The Bertz CT molecular complexity index is 1010. The van der Waals surface area contributed by atoms with Crippen LogP contribution in [0, 0.1) is 0 Å². The first-order valence-corrected chi connectivity index (χ1v) is 10.0. The van der Waals surface area contributed by atoms with Gasteiger partial charge in [-0.1, -0.05) is 48.5 Å². The smallest absolute Gasteiger partial charge is 0.360 e. The van der Waals surface area contributed by atoms with Gasteiger partial charge in [0.15, 0.2) is 5.69 Å². The van der Waals surface area contributed by atoms with Gasteiger partial charge in [0.1, 0.15) is 0 Å². The van der Waals surface area contributed by atoms with E-state index in [-0.39, 0.29) is 12.3 Å². The second kappa shape index (κ2) is 9.84. The second-order valence-corrected chi connectivity index (χ2v) is 6.98. The van der Waals surface area contributed by atoms with Gasteiger partial charge < -0.3 is 9.47 Å². The molecule has 0 saturated carbocycles. The maximum absolute atomic E-state index is 12.3. The molecule has 3 rings (SSSR count). The predicted molar refractivity (Wildman–Crippen MR) is 111 cm³/mol. The number of nitrogens with zero attached hydrogens (tertiary/aromatic N) is 2. The zero-order chi connectivity index (χ0) is 20.6. The summed E-state index contributed by atoms with van der Waals surface area (Å²) in [7, 11) is 1.35. The number of ether oxygens (including phenoxy) is 2. The van der Waals surface area contributed by atoms with Gasteiger partial charge in [-0.2, -0.15) is 0 Å². The van der Waals surface area contributed by atoms with Crippen LogP contribution in [0.15, 0.2) is 65.6 Å². The minimum atomic E-state index is -0.525. The minimum absolute atomic E-state index is 0.159. The zero-order valence-corrected chi connectivity index (χ0v) is 16.9. The lowest BCUT2D eigenvalue weighted by Gasteiger charge is -2.11. The third-order valence-corrected chi connectivity index (χ3v) is 5.18. The molecule has 0 bridgehead atoms. The van der Waals surface area contributed by atoms with Crippen molar-refractivity contribution in [2.45, 2.75) is 17.6 Å². The fourth-order valence-electron chi connectivity index (χ4n) is 2.69. The molecule has 0 N–H and O–H groups in total. The number of benzene rings is 2. The van der Waals surface area contributed by atoms with E-state index in [1.54, 1.807) is 19.1 Å². The molecule has 29 heavy (non-hydrogen) atoms. The van der Waals surface area contributed by atoms with Crippen LogP contribution in [0.25, 0.3) is 11.3 Å². The number of methoxy groups -OCH3 is 1. The highest BCUT2D eigenvalue weighted by atomic mass is 32.2. The van der Waals surface area contributed by atoms with Crippen molar-refractivity contribution in [3.05, 3.63) is 77.5 Å². The van der Waals surface area contributed by atoms with Crippen LogP contribution >= 0.6 is 11.8 Å². The Kier molecular flexibility index (Phi) is 6.97. The van der Waals surface area contributed by atoms with Crippen molar-refractivity contribution in [3.8, 4) is 11.3 Å². The molecule has 0 aliphatic rings. The van der Waals surface area contributed by atoms with Crippen molar-refractivity contribution in [1.29, 1.82) is 0 Å². The molecule has 0 amide bonds. The molecule has 2 aromatic carbocycles. The molecule has 1 heterocycles. The Morgan fingerprint density at radius 3 is 2.41 bits per heavy atom. The maximum Gasteiger partial charge on any atom is 0.360 e. The highest BCUT2D eigenvalue weighted by Crippen LogP contribution is 2.30. The van der Waals surface area contributed by atoms with Gasteiger partial charge in [0.25, 0.3) is 0 Å². The van der Waals surface area contributed by atoms with E-state index in [2.05, 4.69) is 10.2 Å². The van der Waals surface area contributed by atoms with Crippen molar-refractivity contribution in [3.63, 3.8) is 0 Å². The molecule has 0 aliphatic heterocycles. The molecule has 0 fully saturated rings. The third-order valence-electron chi connectivity index (χ3n) is 4.10. The third kappa shape index (κ3) is 5.00. The average molecular weight is 408 g/mol. The summed E-state index contributed by atoms with van der Waals surface area (Å²) in [5.41, 5.74) is 3.00. The summed E-state index contributed by atoms with van der Waals surface area (Å²) in [5.74, 6) is -0.467. The number of carbonyl (C=O) groups is 2. The number of carbonyl (C=O) groups excluding carboxylic acids is 2. The van der Waals surface area contributed by atoms with E-state index in [9.17, 15) is 9.59 Å². The Labute approximate surface area is 173 Å². The van der Waals surface area contributed by atoms with Crippen LogP contribution in [0.1, 0.15) is 33.3 Å². The number of aromatic nitrogens is 2. The fraction of sp³-hybridized carbons (Fsp3) is 0.182. The van der Waals surface area contributed by atoms with E-state index in [1.165, 1.54) is 18.9 Å². The quantitative estimate of drug-likeness (QED) is 0.423. The van der Waals surface area contributed by atoms with Gasteiger partial charge in [-0.25, -0.2) is 9.59 Å². The van der Waals surface area contributed by atoms with Gasteiger partial charge in [0.05, 0.1) is 25.0 Å². The Morgan fingerprint density at radius 2 is 1.69 bits per heavy atom. The molecule has 0 spiro atoms. The van der Waals surface area contributed by atoms with Crippen molar-refractivity contribution >= 4 is 23.7 Å². The van der Waals surface area contributed by atoms with Crippen LogP contribution in [0.4, 0.5) is 0 Å². The minimum Gasteiger partial charge on any atom is -0.465 e. The van der Waals surface area contributed by atoms with E-state index < -0.39 is 11.9 Å². The summed E-state index contributed by atoms with van der Waals surface area (Å²) in [6.45, 7) is 1.99. The number of hydrogen-bond acceptors (Lipinski definition) is 7. The first kappa shape index (κ1) is 20.5. The standard InChI is InChI=1S/C22H20N2O4S/c1-3-28-22(26)20-19(13-18(23-24-20)15-9-5-4-6-10-15)29-14-16-11-7-8-12-17(16)21(25)27-2/h4-13H,3,14H2,1-2H3. The molecule has 0 unspecified atom stereocenters. The molecule has 3 aromatic rings. The average Bonchev–Trinajstić information content (AvgIpc) is 2.78. The second-order valence-electron chi connectivity index (χ2n) is 5.97. The first-order chi connectivity index (χ1) is 14.1. The van der Waals surface area contributed by atoms with Crippen LogP contribution < -0.4 is 0 Å². The largest absolute Gasteiger partial charge is 0.465 e. The van der Waals surface area contributed by atoms with Gasteiger partial charge in [-0.05, 0) is 24.6 Å². The zero-order valence-electron chi connectivity index (χ0n) is 16.1. The normalized spacial score (nSPS) is 10.4.